The number of amides is 1. The topological polar surface area (TPSA) is 88.3 Å². The molecule has 1 atom stereocenters. The van der Waals surface area contributed by atoms with Gasteiger partial charge in [0.05, 0.1) is 5.92 Å². The molecule has 0 radical (unpaired) electrons. The highest BCUT2D eigenvalue weighted by atomic mass is 16.4. The quantitative estimate of drug-likeness (QED) is 0.728. The average Bonchev–Trinajstić information content (AvgIpc) is 2.69. The van der Waals surface area contributed by atoms with Crippen LogP contribution >= 0.6 is 0 Å². The molecule has 1 unspecified atom stereocenters. The van der Waals surface area contributed by atoms with E-state index in [4.69, 9.17) is 5.11 Å². The summed E-state index contributed by atoms with van der Waals surface area (Å²) in [5, 5.41) is 12.5. The van der Waals surface area contributed by atoms with Crippen molar-refractivity contribution < 1.29 is 14.7 Å². The summed E-state index contributed by atoms with van der Waals surface area (Å²) in [6.07, 6.45) is 2.78. The van der Waals surface area contributed by atoms with Crippen LogP contribution in [0.4, 0.5) is 0 Å². The van der Waals surface area contributed by atoms with Crippen LogP contribution in [0.25, 0.3) is 0 Å². The van der Waals surface area contributed by atoms with E-state index in [2.05, 4.69) is 10.1 Å². The maximum Gasteiger partial charge on any atom is 0.308 e. The molecule has 0 bridgehead atoms. The van der Waals surface area contributed by atoms with Crippen molar-refractivity contribution in [2.24, 2.45) is 5.92 Å². The van der Waals surface area contributed by atoms with Gasteiger partial charge in [0, 0.05) is 13.6 Å². The van der Waals surface area contributed by atoms with Gasteiger partial charge in [0.2, 0.25) is 5.91 Å². The van der Waals surface area contributed by atoms with Gasteiger partial charge in [-0.3, -0.25) is 9.59 Å². The van der Waals surface area contributed by atoms with Gasteiger partial charge in [0.1, 0.15) is 19.2 Å². The van der Waals surface area contributed by atoms with E-state index >= 15 is 0 Å². The van der Waals surface area contributed by atoms with Gasteiger partial charge in [-0.1, -0.05) is 6.92 Å². The van der Waals surface area contributed by atoms with E-state index in [1.165, 1.54) is 22.2 Å². The lowest BCUT2D eigenvalue weighted by atomic mass is 10.2. The summed E-state index contributed by atoms with van der Waals surface area (Å²) in [5.74, 6) is -1.69. The van der Waals surface area contributed by atoms with Crippen LogP contribution in [-0.4, -0.2) is 50.2 Å². The molecule has 7 nitrogen and oxygen atoms in total. The summed E-state index contributed by atoms with van der Waals surface area (Å²) in [7, 11) is 1.57. The van der Waals surface area contributed by atoms with Crippen molar-refractivity contribution in [1.82, 2.24) is 19.7 Å². The molecule has 7 heteroatoms. The molecule has 1 rings (SSSR count). The van der Waals surface area contributed by atoms with Gasteiger partial charge >= 0.3 is 5.97 Å². The first-order chi connectivity index (χ1) is 7.50. The number of nitrogens with zero attached hydrogens (tertiary/aromatic N) is 4. The summed E-state index contributed by atoms with van der Waals surface area (Å²) < 4.78 is 1.39. The lowest BCUT2D eigenvalue weighted by molar-refractivity contribution is -0.142. The van der Waals surface area contributed by atoms with Crippen molar-refractivity contribution in [3.8, 4) is 0 Å². The third-order valence-corrected chi connectivity index (χ3v) is 2.16. The Morgan fingerprint density at radius 2 is 2.25 bits per heavy atom. The Bertz CT molecular complexity index is 363. The molecule has 0 aliphatic carbocycles. The molecule has 0 saturated carbocycles. The van der Waals surface area contributed by atoms with Crippen LogP contribution in [0, 0.1) is 5.92 Å². The number of carbonyl (C=O) groups excluding carboxylic acids is 1. The van der Waals surface area contributed by atoms with Crippen molar-refractivity contribution in [3.63, 3.8) is 0 Å². The predicted octanol–water partition coefficient (Wildman–Crippen LogP) is -0.543. The van der Waals surface area contributed by atoms with Crippen molar-refractivity contribution in [1.29, 1.82) is 0 Å². The zero-order valence-corrected chi connectivity index (χ0v) is 9.20. The number of carbonyl (C=O) groups is 2. The first kappa shape index (κ1) is 12.2. The number of hydrogen-bond acceptors (Lipinski definition) is 4. The molecule has 16 heavy (non-hydrogen) atoms. The second kappa shape index (κ2) is 5.24. The second-order valence-electron chi connectivity index (χ2n) is 3.61. The Balaban J connectivity index is 2.45. The fourth-order valence-corrected chi connectivity index (χ4v) is 1.16. The van der Waals surface area contributed by atoms with Crippen LogP contribution < -0.4 is 0 Å². The van der Waals surface area contributed by atoms with Crippen LogP contribution in [0.3, 0.4) is 0 Å². The Labute approximate surface area is 92.7 Å². The predicted molar refractivity (Wildman–Crippen MR) is 54.5 cm³/mol. The lowest BCUT2D eigenvalue weighted by Gasteiger charge is -2.19. The molecule has 1 heterocycles. The minimum absolute atomic E-state index is 0.0723. The molecule has 1 aromatic heterocycles. The molecule has 1 N–H and O–H groups in total. The van der Waals surface area contributed by atoms with Gasteiger partial charge in [-0.25, -0.2) is 9.67 Å². The number of aliphatic carboxylic acids is 1. The summed E-state index contributed by atoms with van der Waals surface area (Å²) in [4.78, 5) is 27.3. The summed E-state index contributed by atoms with van der Waals surface area (Å²) >= 11 is 0. The van der Waals surface area contributed by atoms with Crippen LogP contribution in [0.2, 0.25) is 0 Å². The van der Waals surface area contributed by atoms with Gasteiger partial charge in [0.15, 0.2) is 0 Å². The minimum Gasteiger partial charge on any atom is -0.481 e. The summed E-state index contributed by atoms with van der Waals surface area (Å²) in [6.45, 7) is 1.81. The first-order valence-electron chi connectivity index (χ1n) is 4.80. The molecule has 1 aromatic rings. The standard InChI is InChI=1S/C9H14N4O3/c1-7(9(15)16)3-12(2)8(14)4-13-6-10-5-11-13/h5-7H,3-4H2,1-2H3,(H,15,16). The Kier molecular flexibility index (Phi) is 3.98. The highest BCUT2D eigenvalue weighted by Gasteiger charge is 2.17. The van der Waals surface area contributed by atoms with Crippen LogP contribution in [0.5, 0.6) is 0 Å². The van der Waals surface area contributed by atoms with E-state index in [9.17, 15) is 9.59 Å². The first-order valence-corrected chi connectivity index (χ1v) is 4.80. The minimum atomic E-state index is -0.916. The normalized spacial score (nSPS) is 12.1. The van der Waals surface area contributed by atoms with Crippen molar-refractivity contribution in [3.05, 3.63) is 12.7 Å². The number of carboxylic acid groups (broad SMARTS) is 1. The second-order valence-corrected chi connectivity index (χ2v) is 3.61. The molecule has 0 spiro atoms. The van der Waals surface area contributed by atoms with E-state index in [-0.39, 0.29) is 19.0 Å². The van der Waals surface area contributed by atoms with Crippen LogP contribution in [-0.2, 0) is 16.1 Å². The van der Waals surface area contributed by atoms with E-state index in [0.717, 1.165) is 0 Å². The third-order valence-electron chi connectivity index (χ3n) is 2.16. The van der Waals surface area contributed by atoms with E-state index < -0.39 is 11.9 Å². The highest BCUT2D eigenvalue weighted by Crippen LogP contribution is 1.99. The van der Waals surface area contributed by atoms with Gasteiger partial charge in [-0.2, -0.15) is 5.10 Å². The number of likely N-dealkylation sites (N-methyl/N-ethyl adjacent to an activating group) is 1. The fraction of sp³-hybridized carbons (Fsp3) is 0.556. The number of rotatable bonds is 5. The third kappa shape index (κ3) is 3.34. The molecule has 0 aromatic carbocycles. The zero-order chi connectivity index (χ0) is 12.1. The maximum absolute atomic E-state index is 11.6. The van der Waals surface area contributed by atoms with E-state index in [1.807, 2.05) is 0 Å². The Morgan fingerprint density at radius 1 is 1.56 bits per heavy atom. The summed E-state index contributed by atoms with van der Waals surface area (Å²) in [5.41, 5.74) is 0. The van der Waals surface area contributed by atoms with Gasteiger partial charge in [-0.15, -0.1) is 0 Å². The van der Waals surface area contributed by atoms with Crippen LogP contribution in [0.1, 0.15) is 6.92 Å². The van der Waals surface area contributed by atoms with Crippen molar-refractivity contribution in [2.75, 3.05) is 13.6 Å². The smallest absolute Gasteiger partial charge is 0.308 e. The molecule has 1 amide bonds. The fourth-order valence-electron chi connectivity index (χ4n) is 1.16. The molecular formula is C9H14N4O3. The number of hydrogen-bond donors (Lipinski definition) is 1. The lowest BCUT2D eigenvalue weighted by Crippen LogP contribution is -2.35. The molecule has 0 aliphatic heterocycles. The largest absolute Gasteiger partial charge is 0.481 e. The van der Waals surface area contributed by atoms with E-state index in [0.29, 0.717) is 0 Å². The number of aromatic nitrogens is 3. The summed E-state index contributed by atoms with van der Waals surface area (Å²) in [6, 6.07) is 0. The van der Waals surface area contributed by atoms with Crippen molar-refractivity contribution in [2.45, 2.75) is 13.5 Å². The molecule has 88 valence electrons. The number of carboxylic acids is 1. The van der Waals surface area contributed by atoms with Gasteiger partial charge < -0.3 is 10.0 Å². The highest BCUT2D eigenvalue weighted by molar-refractivity contribution is 5.77. The van der Waals surface area contributed by atoms with Gasteiger partial charge in [0.25, 0.3) is 0 Å². The molecule has 0 fully saturated rings. The molecular weight excluding hydrogens is 212 g/mol. The van der Waals surface area contributed by atoms with Crippen molar-refractivity contribution >= 4 is 11.9 Å². The molecule has 0 saturated heterocycles. The van der Waals surface area contributed by atoms with Gasteiger partial charge in [-0.05, 0) is 0 Å². The van der Waals surface area contributed by atoms with Crippen LogP contribution in [0.15, 0.2) is 12.7 Å². The SMILES string of the molecule is CC(CN(C)C(=O)Cn1cncn1)C(=O)O. The maximum atomic E-state index is 11.6. The monoisotopic (exact) mass is 226 g/mol. The molecule has 0 aliphatic rings. The van der Waals surface area contributed by atoms with E-state index in [1.54, 1.807) is 14.0 Å². The Morgan fingerprint density at radius 3 is 2.75 bits per heavy atom. The zero-order valence-electron chi connectivity index (χ0n) is 9.20. The average molecular weight is 226 g/mol. The Hall–Kier alpha value is -1.92.